The van der Waals surface area contributed by atoms with E-state index in [-0.39, 0.29) is 11.5 Å². The number of fused-ring (bicyclic) bond motifs is 1. The molecule has 2 aromatic heterocycles. The molecule has 0 radical (unpaired) electrons. The number of nitrogens with two attached hydrogens (primary N) is 1. The lowest BCUT2D eigenvalue weighted by molar-refractivity contribution is -0.128. The van der Waals surface area contributed by atoms with Crippen molar-refractivity contribution in [2.75, 3.05) is 39.0 Å². The van der Waals surface area contributed by atoms with Crippen molar-refractivity contribution in [3.05, 3.63) is 103 Å². The molecule has 208 valence electrons. The molecule has 0 spiro atoms. The molecule has 1 saturated heterocycles. The lowest BCUT2D eigenvalue weighted by Crippen LogP contribution is -2.47. The number of nitrogen functional groups attached to an aromatic ring is 1. The number of para-hydroxylation sites is 1. The number of hydrogen-bond donors (Lipinski definition) is 1. The van der Waals surface area contributed by atoms with Gasteiger partial charge in [0.2, 0.25) is 0 Å². The van der Waals surface area contributed by atoms with Crippen molar-refractivity contribution in [3.63, 3.8) is 0 Å². The molecule has 42 heavy (non-hydrogen) atoms. The van der Waals surface area contributed by atoms with Crippen molar-refractivity contribution in [1.82, 2.24) is 24.3 Å². The average molecular weight is 556 g/mol. The second-order valence-corrected chi connectivity index (χ2v) is 10.2. The summed E-state index contributed by atoms with van der Waals surface area (Å²) < 4.78 is 7.90. The third-order valence-corrected chi connectivity index (χ3v) is 7.36. The van der Waals surface area contributed by atoms with E-state index >= 15 is 0 Å². The first kappa shape index (κ1) is 26.7. The minimum absolute atomic E-state index is 0.110. The first-order valence-electron chi connectivity index (χ1n) is 13.6. The van der Waals surface area contributed by atoms with Crippen molar-refractivity contribution < 1.29 is 9.53 Å². The SMILES string of the molecule is CN1CCN(C(=O)C(C#N)=Cc2cccc(-n3cc(-c4ccc(Oc5ccccc5)cc4)c4c(N)ncnc43)c2)CC1. The van der Waals surface area contributed by atoms with Gasteiger partial charge in [0.25, 0.3) is 5.91 Å². The predicted molar refractivity (Wildman–Crippen MR) is 163 cm³/mol. The van der Waals surface area contributed by atoms with E-state index in [1.807, 2.05) is 96.7 Å². The molecule has 9 nitrogen and oxygen atoms in total. The van der Waals surface area contributed by atoms with Gasteiger partial charge in [-0.2, -0.15) is 5.26 Å². The molecular formula is C33H29N7O2. The Kier molecular flexibility index (Phi) is 7.37. The quantitative estimate of drug-likeness (QED) is 0.228. The normalized spacial score (nSPS) is 14.1. The van der Waals surface area contributed by atoms with E-state index < -0.39 is 0 Å². The van der Waals surface area contributed by atoms with E-state index in [9.17, 15) is 10.1 Å². The van der Waals surface area contributed by atoms with Gasteiger partial charge in [-0.05, 0) is 60.6 Å². The molecule has 0 aliphatic carbocycles. The van der Waals surface area contributed by atoms with Crippen molar-refractivity contribution in [3.8, 4) is 34.4 Å². The molecule has 1 amide bonds. The maximum Gasteiger partial charge on any atom is 0.264 e. The van der Waals surface area contributed by atoms with Crippen molar-refractivity contribution in [1.29, 1.82) is 5.26 Å². The van der Waals surface area contributed by atoms with Crippen LogP contribution in [-0.2, 0) is 4.79 Å². The smallest absolute Gasteiger partial charge is 0.264 e. The van der Waals surface area contributed by atoms with Crippen LogP contribution < -0.4 is 10.5 Å². The summed E-state index contributed by atoms with van der Waals surface area (Å²) in [6.45, 7) is 2.79. The molecule has 0 bridgehead atoms. The summed E-state index contributed by atoms with van der Waals surface area (Å²) in [5, 5.41) is 10.5. The third-order valence-electron chi connectivity index (χ3n) is 7.36. The second kappa shape index (κ2) is 11.6. The number of carbonyl (C=O) groups excluding carboxylic acids is 1. The van der Waals surface area contributed by atoms with Gasteiger partial charge < -0.3 is 24.8 Å². The Labute approximate surface area is 243 Å². The molecule has 1 aliphatic heterocycles. The Hall–Kier alpha value is -5.46. The van der Waals surface area contributed by atoms with Gasteiger partial charge in [0.1, 0.15) is 35.3 Å². The van der Waals surface area contributed by atoms with Gasteiger partial charge in [-0.15, -0.1) is 0 Å². The van der Waals surface area contributed by atoms with Crippen molar-refractivity contribution in [2.45, 2.75) is 0 Å². The van der Waals surface area contributed by atoms with E-state index in [2.05, 4.69) is 20.9 Å². The molecule has 0 unspecified atom stereocenters. The van der Waals surface area contributed by atoms with Crippen LogP contribution in [-0.4, -0.2) is 63.5 Å². The van der Waals surface area contributed by atoms with E-state index in [1.54, 1.807) is 11.0 Å². The summed E-state index contributed by atoms with van der Waals surface area (Å²) in [4.78, 5) is 25.8. The van der Waals surface area contributed by atoms with Crippen LogP contribution in [0.15, 0.2) is 97.0 Å². The zero-order chi connectivity index (χ0) is 29.1. The van der Waals surface area contributed by atoms with Crippen LogP contribution in [0.4, 0.5) is 5.82 Å². The van der Waals surface area contributed by atoms with Gasteiger partial charge in [-0.1, -0.05) is 42.5 Å². The van der Waals surface area contributed by atoms with Crippen LogP contribution >= 0.6 is 0 Å². The summed E-state index contributed by atoms with van der Waals surface area (Å²) >= 11 is 0. The zero-order valence-electron chi connectivity index (χ0n) is 23.1. The van der Waals surface area contributed by atoms with Gasteiger partial charge in [-0.3, -0.25) is 4.79 Å². The molecule has 5 aromatic rings. The number of hydrogen-bond acceptors (Lipinski definition) is 7. The standard InChI is InChI=1S/C33H29N7O2/c1-38-14-16-39(17-15-38)33(41)25(20-34)18-23-6-5-7-26(19-23)40-21-29(30-31(35)36-22-37-32(30)40)24-10-12-28(13-11-24)42-27-8-3-2-4-9-27/h2-13,18-19,21-22H,14-17H2,1H3,(H2,35,36,37). The van der Waals surface area contributed by atoms with Gasteiger partial charge in [0, 0.05) is 43.6 Å². The maximum atomic E-state index is 13.1. The minimum atomic E-state index is -0.245. The second-order valence-electron chi connectivity index (χ2n) is 10.2. The number of anilines is 1. The zero-order valence-corrected chi connectivity index (χ0v) is 23.1. The molecule has 6 rings (SSSR count). The Morgan fingerprint density at radius 2 is 1.69 bits per heavy atom. The molecular weight excluding hydrogens is 526 g/mol. The largest absolute Gasteiger partial charge is 0.457 e. The van der Waals surface area contributed by atoms with Crippen LogP contribution in [0.1, 0.15) is 5.56 Å². The fourth-order valence-corrected chi connectivity index (χ4v) is 5.08. The van der Waals surface area contributed by atoms with E-state index in [1.165, 1.54) is 6.33 Å². The number of carbonyl (C=O) groups is 1. The number of rotatable bonds is 6. The fourth-order valence-electron chi connectivity index (χ4n) is 5.08. The predicted octanol–water partition coefficient (Wildman–Crippen LogP) is 5.14. The van der Waals surface area contributed by atoms with Crippen LogP contribution in [0, 0.1) is 11.3 Å². The van der Waals surface area contributed by atoms with Crippen molar-refractivity contribution >= 4 is 28.8 Å². The Morgan fingerprint density at radius 3 is 2.43 bits per heavy atom. The van der Waals surface area contributed by atoms with E-state index in [4.69, 9.17) is 10.5 Å². The highest BCUT2D eigenvalue weighted by molar-refractivity contribution is 6.02. The summed E-state index contributed by atoms with van der Waals surface area (Å²) in [5.74, 6) is 1.61. The summed E-state index contributed by atoms with van der Waals surface area (Å²) in [7, 11) is 2.03. The highest BCUT2D eigenvalue weighted by atomic mass is 16.5. The average Bonchev–Trinajstić information content (AvgIpc) is 3.42. The summed E-state index contributed by atoms with van der Waals surface area (Å²) in [5.41, 5.74) is 10.5. The van der Waals surface area contributed by atoms with Gasteiger partial charge >= 0.3 is 0 Å². The van der Waals surface area contributed by atoms with Gasteiger partial charge in [0.05, 0.1) is 5.39 Å². The summed E-state index contributed by atoms with van der Waals surface area (Å²) in [6.07, 6.45) is 5.07. The Morgan fingerprint density at radius 1 is 0.952 bits per heavy atom. The monoisotopic (exact) mass is 555 g/mol. The highest BCUT2D eigenvalue weighted by Gasteiger charge is 2.22. The molecule has 2 N–H and O–H groups in total. The number of likely N-dealkylation sites (N-methyl/N-ethyl adjacent to an activating group) is 1. The van der Waals surface area contributed by atoms with Crippen LogP contribution in [0.25, 0.3) is 33.9 Å². The summed E-state index contributed by atoms with van der Waals surface area (Å²) in [6, 6.07) is 27.1. The number of nitrogens with zero attached hydrogens (tertiary/aromatic N) is 6. The molecule has 3 heterocycles. The van der Waals surface area contributed by atoms with E-state index in [0.717, 1.165) is 52.4 Å². The van der Waals surface area contributed by atoms with Crippen LogP contribution in [0.2, 0.25) is 0 Å². The minimum Gasteiger partial charge on any atom is -0.457 e. The first-order chi connectivity index (χ1) is 20.5. The third kappa shape index (κ3) is 5.44. The number of amides is 1. The molecule has 0 saturated carbocycles. The maximum absolute atomic E-state index is 13.1. The number of aromatic nitrogens is 3. The van der Waals surface area contributed by atoms with Gasteiger partial charge in [-0.25, -0.2) is 9.97 Å². The number of benzene rings is 3. The van der Waals surface area contributed by atoms with E-state index in [0.29, 0.717) is 24.6 Å². The molecule has 3 aromatic carbocycles. The van der Waals surface area contributed by atoms with Gasteiger partial charge in [0.15, 0.2) is 5.65 Å². The highest BCUT2D eigenvalue weighted by Crippen LogP contribution is 2.35. The fraction of sp³-hybridized carbons (Fsp3) is 0.152. The molecule has 1 fully saturated rings. The molecule has 1 aliphatic rings. The Bertz CT molecular complexity index is 1810. The number of nitriles is 1. The van der Waals surface area contributed by atoms with Crippen LogP contribution in [0.3, 0.4) is 0 Å². The lowest BCUT2D eigenvalue weighted by atomic mass is 10.1. The number of ether oxygens (including phenoxy) is 1. The topological polar surface area (TPSA) is 113 Å². The lowest BCUT2D eigenvalue weighted by Gasteiger charge is -2.32. The number of piperazine rings is 1. The first-order valence-corrected chi connectivity index (χ1v) is 13.6. The van der Waals surface area contributed by atoms with Crippen LogP contribution in [0.5, 0.6) is 11.5 Å². The molecule has 9 heteroatoms. The van der Waals surface area contributed by atoms with Crippen molar-refractivity contribution in [2.24, 2.45) is 0 Å². The molecule has 0 atom stereocenters. The Balaban J connectivity index is 1.33.